The van der Waals surface area contributed by atoms with Gasteiger partial charge in [0, 0.05) is 16.5 Å². The van der Waals surface area contributed by atoms with Gasteiger partial charge in [-0.25, -0.2) is 0 Å². The average Bonchev–Trinajstić information content (AvgIpc) is 2.71. The second-order valence-electron chi connectivity index (χ2n) is 2.76. The zero-order chi connectivity index (χ0) is 10.7. The van der Waals surface area contributed by atoms with Gasteiger partial charge in [0.1, 0.15) is 5.51 Å². The molecule has 0 spiro atoms. The van der Waals surface area contributed by atoms with E-state index in [9.17, 15) is 0 Å². The molecule has 0 fully saturated rings. The molecule has 78 valence electrons. The minimum Gasteiger partial charge on any atom is -0.326 e. The fourth-order valence-corrected chi connectivity index (χ4v) is 2.88. The second kappa shape index (κ2) is 4.94. The van der Waals surface area contributed by atoms with Gasteiger partial charge in [0.25, 0.3) is 0 Å². The lowest BCUT2D eigenvalue weighted by molar-refractivity contribution is 1.01. The van der Waals surface area contributed by atoms with Crippen molar-refractivity contribution in [2.45, 2.75) is 15.8 Å². The van der Waals surface area contributed by atoms with E-state index >= 15 is 0 Å². The van der Waals surface area contributed by atoms with Crippen LogP contribution in [0.15, 0.2) is 32.9 Å². The minimum atomic E-state index is 0.461. The van der Waals surface area contributed by atoms with Crippen LogP contribution in [-0.4, -0.2) is 10.2 Å². The predicted molar refractivity (Wildman–Crippen MR) is 63.4 cm³/mol. The molecule has 1 aromatic carbocycles. The molecule has 0 bridgehead atoms. The number of hydrogen-bond acceptors (Lipinski definition) is 5. The molecule has 1 heterocycles. The van der Waals surface area contributed by atoms with E-state index in [2.05, 4.69) is 10.2 Å². The summed E-state index contributed by atoms with van der Waals surface area (Å²) in [5.41, 5.74) is 8.19. The Kier molecular flexibility index (Phi) is 3.58. The Balaban J connectivity index is 2.20. The Hall–Kier alpha value is -0.620. The highest BCUT2D eigenvalue weighted by molar-refractivity contribution is 8.01. The monoisotopic (exact) mass is 257 g/mol. The Labute approximate surface area is 101 Å². The lowest BCUT2D eigenvalue weighted by Gasteiger charge is -2.02. The molecule has 0 amide bonds. The summed E-state index contributed by atoms with van der Waals surface area (Å²) >= 11 is 9.10. The van der Waals surface area contributed by atoms with E-state index in [1.54, 1.807) is 17.3 Å². The van der Waals surface area contributed by atoms with Gasteiger partial charge < -0.3 is 5.73 Å². The Morgan fingerprint density at radius 1 is 1.47 bits per heavy atom. The summed E-state index contributed by atoms with van der Waals surface area (Å²) < 4.78 is 0.909. The van der Waals surface area contributed by atoms with Crippen LogP contribution in [0.4, 0.5) is 0 Å². The molecule has 0 aliphatic heterocycles. The number of aromatic nitrogens is 2. The first-order valence-corrected chi connectivity index (χ1v) is 6.29. The standard InChI is InChI=1S/C9H8ClN3S2/c10-8-3-7(2-1-6(8)4-11)15-9-13-12-5-14-9/h1-3,5H,4,11H2. The molecule has 0 radical (unpaired) electrons. The summed E-state index contributed by atoms with van der Waals surface area (Å²) in [5, 5.41) is 8.42. The average molecular weight is 258 g/mol. The Morgan fingerprint density at radius 3 is 2.93 bits per heavy atom. The third-order valence-electron chi connectivity index (χ3n) is 1.79. The largest absolute Gasteiger partial charge is 0.326 e. The maximum atomic E-state index is 6.04. The van der Waals surface area contributed by atoms with Gasteiger partial charge >= 0.3 is 0 Å². The second-order valence-corrected chi connectivity index (χ2v) is 5.33. The normalized spacial score (nSPS) is 10.5. The first kappa shape index (κ1) is 10.9. The van der Waals surface area contributed by atoms with Crippen LogP contribution in [0, 0.1) is 0 Å². The highest BCUT2D eigenvalue weighted by Gasteiger charge is 2.04. The summed E-state index contributed by atoms with van der Waals surface area (Å²) in [4.78, 5) is 1.05. The molecule has 2 rings (SSSR count). The van der Waals surface area contributed by atoms with E-state index in [0.29, 0.717) is 11.6 Å². The molecule has 0 saturated heterocycles. The van der Waals surface area contributed by atoms with Crippen LogP contribution in [0.25, 0.3) is 0 Å². The summed E-state index contributed by atoms with van der Waals surface area (Å²) in [6.07, 6.45) is 0. The zero-order valence-corrected chi connectivity index (χ0v) is 10.1. The van der Waals surface area contributed by atoms with Gasteiger partial charge in [0.05, 0.1) is 0 Å². The molecular weight excluding hydrogens is 250 g/mol. The van der Waals surface area contributed by atoms with Crippen LogP contribution >= 0.6 is 34.7 Å². The van der Waals surface area contributed by atoms with Gasteiger partial charge in [0.15, 0.2) is 4.34 Å². The maximum absolute atomic E-state index is 6.04. The minimum absolute atomic E-state index is 0.461. The lowest BCUT2D eigenvalue weighted by atomic mass is 10.2. The number of rotatable bonds is 3. The molecule has 0 aliphatic carbocycles. The summed E-state index contributed by atoms with van der Waals surface area (Å²) in [5.74, 6) is 0. The van der Waals surface area contributed by atoms with Crippen molar-refractivity contribution >= 4 is 34.7 Å². The summed E-state index contributed by atoms with van der Waals surface area (Å²) in [6.45, 7) is 0.461. The molecule has 6 heteroatoms. The van der Waals surface area contributed by atoms with Gasteiger partial charge in [-0.05, 0) is 17.7 Å². The Morgan fingerprint density at radius 2 is 2.33 bits per heavy atom. The molecule has 2 aromatic rings. The lowest BCUT2D eigenvalue weighted by Crippen LogP contribution is -1.96. The molecule has 1 aromatic heterocycles. The molecule has 0 unspecified atom stereocenters. The fraction of sp³-hybridized carbons (Fsp3) is 0.111. The van der Waals surface area contributed by atoms with Crippen molar-refractivity contribution in [2.75, 3.05) is 0 Å². The van der Waals surface area contributed by atoms with Crippen LogP contribution in [0.2, 0.25) is 5.02 Å². The van der Waals surface area contributed by atoms with E-state index in [4.69, 9.17) is 17.3 Å². The van der Waals surface area contributed by atoms with Crippen molar-refractivity contribution in [3.8, 4) is 0 Å². The summed E-state index contributed by atoms with van der Waals surface area (Å²) in [6, 6.07) is 5.82. The molecule has 0 aliphatic rings. The number of nitrogens with zero attached hydrogens (tertiary/aromatic N) is 2. The van der Waals surface area contributed by atoms with Gasteiger partial charge in [-0.3, -0.25) is 0 Å². The SMILES string of the molecule is NCc1ccc(Sc2nncs2)cc1Cl. The molecule has 3 nitrogen and oxygen atoms in total. The first-order valence-electron chi connectivity index (χ1n) is 4.22. The van der Waals surface area contributed by atoms with Crippen molar-refractivity contribution in [3.63, 3.8) is 0 Å². The van der Waals surface area contributed by atoms with Gasteiger partial charge in [-0.15, -0.1) is 10.2 Å². The van der Waals surface area contributed by atoms with Crippen LogP contribution in [0.5, 0.6) is 0 Å². The molecule has 0 saturated carbocycles. The van der Waals surface area contributed by atoms with E-state index in [0.717, 1.165) is 14.8 Å². The topological polar surface area (TPSA) is 51.8 Å². The van der Waals surface area contributed by atoms with E-state index in [1.807, 2.05) is 18.2 Å². The van der Waals surface area contributed by atoms with Crippen LogP contribution in [0.3, 0.4) is 0 Å². The van der Waals surface area contributed by atoms with Gasteiger partial charge in [0.2, 0.25) is 0 Å². The first-order chi connectivity index (χ1) is 7.29. The molecule has 2 N–H and O–H groups in total. The molecule has 0 atom stereocenters. The number of halogens is 1. The van der Waals surface area contributed by atoms with Crippen molar-refractivity contribution < 1.29 is 0 Å². The van der Waals surface area contributed by atoms with Crippen LogP contribution in [-0.2, 0) is 6.54 Å². The van der Waals surface area contributed by atoms with Gasteiger partial charge in [-0.1, -0.05) is 40.8 Å². The highest BCUT2D eigenvalue weighted by Crippen LogP contribution is 2.31. The van der Waals surface area contributed by atoms with E-state index in [1.165, 1.54) is 11.3 Å². The number of hydrogen-bond donors (Lipinski definition) is 1. The van der Waals surface area contributed by atoms with E-state index in [-0.39, 0.29) is 0 Å². The van der Waals surface area contributed by atoms with E-state index < -0.39 is 0 Å². The quantitative estimate of drug-likeness (QED) is 0.919. The third kappa shape index (κ3) is 2.69. The third-order valence-corrected chi connectivity index (χ3v) is 3.91. The molecular formula is C9H8ClN3S2. The van der Waals surface area contributed by atoms with Crippen LogP contribution < -0.4 is 5.73 Å². The zero-order valence-electron chi connectivity index (χ0n) is 7.68. The fourth-order valence-electron chi connectivity index (χ4n) is 1.07. The van der Waals surface area contributed by atoms with Crippen molar-refractivity contribution in [2.24, 2.45) is 5.73 Å². The highest BCUT2D eigenvalue weighted by atomic mass is 35.5. The van der Waals surface area contributed by atoms with Crippen molar-refractivity contribution in [1.29, 1.82) is 0 Å². The van der Waals surface area contributed by atoms with Crippen molar-refractivity contribution in [1.82, 2.24) is 10.2 Å². The van der Waals surface area contributed by atoms with Crippen LogP contribution in [0.1, 0.15) is 5.56 Å². The predicted octanol–water partition coefficient (Wildman–Crippen LogP) is 2.80. The molecule has 15 heavy (non-hydrogen) atoms. The summed E-state index contributed by atoms with van der Waals surface area (Å²) in [7, 11) is 0. The number of benzene rings is 1. The van der Waals surface area contributed by atoms with Crippen molar-refractivity contribution in [3.05, 3.63) is 34.3 Å². The van der Waals surface area contributed by atoms with Gasteiger partial charge in [-0.2, -0.15) is 0 Å². The number of nitrogens with two attached hydrogens (primary N) is 1. The Bertz CT molecular complexity index is 445. The maximum Gasteiger partial charge on any atom is 0.178 e. The smallest absolute Gasteiger partial charge is 0.178 e.